The summed E-state index contributed by atoms with van der Waals surface area (Å²) in [5.74, 6) is 0.481. The number of carbonyl (C=O) groups is 1. The summed E-state index contributed by atoms with van der Waals surface area (Å²) in [6.07, 6.45) is 1.80. The van der Waals surface area contributed by atoms with Crippen molar-refractivity contribution in [2.75, 3.05) is 26.2 Å². The number of nitrogens with zero attached hydrogens (tertiary/aromatic N) is 3. The fourth-order valence-corrected chi connectivity index (χ4v) is 3.10. The molecule has 1 amide bonds. The molecule has 0 radical (unpaired) electrons. The fourth-order valence-electron chi connectivity index (χ4n) is 3.10. The number of imidazole rings is 1. The molecule has 1 N–H and O–H groups in total. The Morgan fingerprint density at radius 1 is 1.16 bits per heavy atom. The van der Waals surface area contributed by atoms with Crippen molar-refractivity contribution in [1.82, 2.24) is 19.8 Å². The van der Waals surface area contributed by atoms with Crippen LogP contribution in [0, 0.1) is 0 Å². The first-order valence-corrected chi connectivity index (χ1v) is 8.25. The second kappa shape index (κ2) is 9.80. The molecule has 2 heterocycles. The van der Waals surface area contributed by atoms with Gasteiger partial charge in [0.2, 0.25) is 5.91 Å². The molecule has 7 heteroatoms. The number of piperazine rings is 1. The number of amides is 1. The summed E-state index contributed by atoms with van der Waals surface area (Å²) in [4.78, 5) is 19.1. The number of nitrogens with one attached hydrogen (secondary N) is 1. The van der Waals surface area contributed by atoms with Gasteiger partial charge in [-0.1, -0.05) is 44.2 Å². The van der Waals surface area contributed by atoms with Gasteiger partial charge in [0.1, 0.15) is 6.54 Å². The smallest absolute Gasteiger partial charge is 0.242 e. The maximum atomic E-state index is 12.5. The summed E-state index contributed by atoms with van der Waals surface area (Å²) in [6, 6.07) is 10.2. The Hall–Kier alpha value is -1.56. The third-order valence-corrected chi connectivity index (χ3v) is 4.25. The van der Waals surface area contributed by atoms with Crippen LogP contribution in [0.3, 0.4) is 0 Å². The molecule has 3 rings (SSSR count). The molecular formula is C18H26Cl2N4O. The van der Waals surface area contributed by atoms with Gasteiger partial charge < -0.3 is 14.8 Å². The monoisotopic (exact) mass is 384 g/mol. The van der Waals surface area contributed by atoms with Gasteiger partial charge in [-0.15, -0.1) is 24.8 Å². The Morgan fingerprint density at radius 3 is 2.40 bits per heavy atom. The number of hydrogen-bond donors (Lipinski definition) is 1. The highest BCUT2D eigenvalue weighted by atomic mass is 35.5. The van der Waals surface area contributed by atoms with Gasteiger partial charge >= 0.3 is 0 Å². The van der Waals surface area contributed by atoms with Crippen LogP contribution in [-0.4, -0.2) is 46.5 Å². The Balaban J connectivity index is 0.00000156. The van der Waals surface area contributed by atoms with Crippen molar-refractivity contribution in [1.29, 1.82) is 0 Å². The normalized spacial score (nSPS) is 14.0. The first kappa shape index (κ1) is 21.5. The zero-order valence-electron chi connectivity index (χ0n) is 14.6. The molecule has 0 aliphatic carbocycles. The molecule has 1 aromatic heterocycles. The van der Waals surface area contributed by atoms with E-state index in [-0.39, 0.29) is 30.7 Å². The summed E-state index contributed by atoms with van der Waals surface area (Å²) < 4.78 is 2.01. The predicted octanol–water partition coefficient (Wildman–Crippen LogP) is 2.95. The SMILES string of the molecule is CC(C)c1c(-c2ccccc2)ncn1CC(=O)N1CCNCC1.Cl.Cl. The molecule has 1 fully saturated rings. The summed E-state index contributed by atoms with van der Waals surface area (Å²) in [5, 5.41) is 3.28. The standard InChI is InChI=1S/C18H24N4O.2ClH/c1-14(2)18-17(15-6-4-3-5-7-15)20-13-22(18)12-16(23)21-10-8-19-9-11-21;;/h3-7,13-14,19H,8-12H2,1-2H3;2*1H. The maximum absolute atomic E-state index is 12.5. The minimum Gasteiger partial charge on any atom is -0.339 e. The Kier molecular flexibility index (Phi) is 8.42. The Bertz CT molecular complexity index is 667. The van der Waals surface area contributed by atoms with Gasteiger partial charge in [0, 0.05) is 37.4 Å². The summed E-state index contributed by atoms with van der Waals surface area (Å²) >= 11 is 0. The Labute approximate surface area is 161 Å². The van der Waals surface area contributed by atoms with Crippen LogP contribution in [-0.2, 0) is 11.3 Å². The van der Waals surface area contributed by atoms with Gasteiger partial charge in [0.15, 0.2) is 0 Å². The van der Waals surface area contributed by atoms with Crippen LogP contribution in [0.2, 0.25) is 0 Å². The highest BCUT2D eigenvalue weighted by Crippen LogP contribution is 2.28. The van der Waals surface area contributed by atoms with Crippen molar-refractivity contribution in [2.45, 2.75) is 26.3 Å². The zero-order chi connectivity index (χ0) is 16.2. The van der Waals surface area contributed by atoms with Crippen molar-refractivity contribution in [3.05, 3.63) is 42.4 Å². The van der Waals surface area contributed by atoms with E-state index < -0.39 is 0 Å². The number of aromatic nitrogens is 2. The fraction of sp³-hybridized carbons (Fsp3) is 0.444. The van der Waals surface area contributed by atoms with E-state index in [0.29, 0.717) is 12.5 Å². The maximum Gasteiger partial charge on any atom is 0.242 e. The van der Waals surface area contributed by atoms with Crippen LogP contribution in [0.15, 0.2) is 36.7 Å². The molecule has 25 heavy (non-hydrogen) atoms. The lowest BCUT2D eigenvalue weighted by atomic mass is 10.0. The van der Waals surface area contributed by atoms with E-state index in [4.69, 9.17) is 0 Å². The molecule has 5 nitrogen and oxygen atoms in total. The van der Waals surface area contributed by atoms with Crippen LogP contribution in [0.4, 0.5) is 0 Å². The molecule has 1 aliphatic rings. The molecular weight excluding hydrogens is 359 g/mol. The van der Waals surface area contributed by atoms with E-state index in [1.807, 2.05) is 27.7 Å². The van der Waals surface area contributed by atoms with Crippen molar-refractivity contribution >= 4 is 30.7 Å². The minimum atomic E-state index is 0. The van der Waals surface area contributed by atoms with Crippen LogP contribution in [0.1, 0.15) is 25.5 Å². The zero-order valence-corrected chi connectivity index (χ0v) is 16.3. The first-order valence-electron chi connectivity index (χ1n) is 8.25. The molecule has 0 spiro atoms. The summed E-state index contributed by atoms with van der Waals surface area (Å²) in [5.41, 5.74) is 3.21. The summed E-state index contributed by atoms with van der Waals surface area (Å²) in [7, 11) is 0. The lowest BCUT2D eigenvalue weighted by Gasteiger charge is -2.28. The van der Waals surface area contributed by atoms with Crippen molar-refractivity contribution < 1.29 is 4.79 Å². The molecule has 1 saturated heterocycles. The number of carbonyl (C=O) groups excluding carboxylic acids is 1. The van der Waals surface area contributed by atoms with Gasteiger partial charge in [0.05, 0.1) is 12.0 Å². The third kappa shape index (κ3) is 4.97. The lowest BCUT2D eigenvalue weighted by molar-refractivity contribution is -0.132. The highest BCUT2D eigenvalue weighted by Gasteiger charge is 2.21. The second-order valence-corrected chi connectivity index (χ2v) is 6.26. The van der Waals surface area contributed by atoms with Crippen LogP contribution in [0.25, 0.3) is 11.3 Å². The number of rotatable bonds is 4. The van der Waals surface area contributed by atoms with E-state index in [1.165, 1.54) is 0 Å². The average Bonchev–Trinajstić information content (AvgIpc) is 3.00. The number of halogens is 2. The lowest BCUT2D eigenvalue weighted by Crippen LogP contribution is -2.47. The Morgan fingerprint density at radius 2 is 1.80 bits per heavy atom. The van der Waals surface area contributed by atoms with Crippen LogP contribution < -0.4 is 5.32 Å². The molecule has 0 saturated carbocycles. The molecule has 138 valence electrons. The predicted molar refractivity (Wildman–Crippen MR) is 106 cm³/mol. The number of benzene rings is 1. The molecule has 1 aromatic carbocycles. The first-order chi connectivity index (χ1) is 11.2. The van der Waals surface area contributed by atoms with Gasteiger partial charge in [-0.3, -0.25) is 4.79 Å². The summed E-state index contributed by atoms with van der Waals surface area (Å²) in [6.45, 7) is 7.99. The van der Waals surface area contributed by atoms with Crippen LogP contribution >= 0.6 is 24.8 Å². The van der Waals surface area contributed by atoms with E-state index in [9.17, 15) is 4.79 Å². The molecule has 0 bridgehead atoms. The largest absolute Gasteiger partial charge is 0.339 e. The molecule has 0 unspecified atom stereocenters. The van der Waals surface area contributed by atoms with Gasteiger partial charge in [-0.05, 0) is 5.92 Å². The van der Waals surface area contributed by atoms with Crippen LogP contribution in [0.5, 0.6) is 0 Å². The van der Waals surface area contributed by atoms with Crippen molar-refractivity contribution in [3.8, 4) is 11.3 Å². The molecule has 0 atom stereocenters. The molecule has 2 aromatic rings. The van der Waals surface area contributed by atoms with E-state index >= 15 is 0 Å². The van der Waals surface area contributed by atoms with E-state index in [0.717, 1.165) is 43.1 Å². The van der Waals surface area contributed by atoms with Crippen molar-refractivity contribution in [2.24, 2.45) is 0 Å². The topological polar surface area (TPSA) is 50.2 Å². The van der Waals surface area contributed by atoms with Crippen molar-refractivity contribution in [3.63, 3.8) is 0 Å². The minimum absolute atomic E-state index is 0. The second-order valence-electron chi connectivity index (χ2n) is 6.26. The quantitative estimate of drug-likeness (QED) is 0.881. The average molecular weight is 385 g/mol. The third-order valence-electron chi connectivity index (χ3n) is 4.25. The van der Waals surface area contributed by atoms with Gasteiger partial charge in [-0.25, -0.2) is 4.98 Å². The van der Waals surface area contributed by atoms with Gasteiger partial charge in [0.25, 0.3) is 0 Å². The highest BCUT2D eigenvalue weighted by molar-refractivity contribution is 5.85. The molecule has 1 aliphatic heterocycles. The van der Waals surface area contributed by atoms with E-state index in [1.54, 1.807) is 6.33 Å². The van der Waals surface area contributed by atoms with Gasteiger partial charge in [-0.2, -0.15) is 0 Å². The number of hydrogen-bond acceptors (Lipinski definition) is 3. The van der Waals surface area contributed by atoms with E-state index in [2.05, 4.69) is 36.3 Å².